The van der Waals surface area contributed by atoms with Gasteiger partial charge in [-0.1, -0.05) is 0 Å². The van der Waals surface area contributed by atoms with E-state index < -0.39 is 24.8 Å². The SMILES string of the molecule is CCOC(=O)c1c(NCC(F)F)sc(C(=O)NC)c1N. The molecular formula is C11H15F2N3O3S. The first-order valence-corrected chi connectivity index (χ1v) is 6.57. The monoisotopic (exact) mass is 307 g/mol. The van der Waals surface area contributed by atoms with Crippen molar-refractivity contribution in [3.05, 3.63) is 10.4 Å². The van der Waals surface area contributed by atoms with Crippen LogP contribution in [0.5, 0.6) is 0 Å². The fourth-order valence-corrected chi connectivity index (χ4v) is 2.49. The third-order valence-electron chi connectivity index (χ3n) is 2.27. The zero-order valence-corrected chi connectivity index (χ0v) is 11.8. The molecule has 0 saturated carbocycles. The summed E-state index contributed by atoms with van der Waals surface area (Å²) in [4.78, 5) is 23.5. The molecule has 0 bridgehead atoms. The van der Waals surface area contributed by atoms with E-state index in [9.17, 15) is 18.4 Å². The molecule has 1 aromatic heterocycles. The number of carbonyl (C=O) groups is 2. The maximum absolute atomic E-state index is 12.2. The Morgan fingerprint density at radius 2 is 2.10 bits per heavy atom. The summed E-state index contributed by atoms with van der Waals surface area (Å²) in [6.45, 7) is 1.06. The van der Waals surface area contributed by atoms with Crippen LogP contribution in [0.2, 0.25) is 0 Å². The van der Waals surface area contributed by atoms with E-state index in [1.807, 2.05) is 0 Å². The molecule has 0 fully saturated rings. The Bertz CT molecular complexity index is 505. The molecule has 112 valence electrons. The van der Waals surface area contributed by atoms with E-state index in [-0.39, 0.29) is 27.7 Å². The van der Waals surface area contributed by atoms with Crippen LogP contribution in [0.3, 0.4) is 0 Å². The van der Waals surface area contributed by atoms with Gasteiger partial charge in [-0.3, -0.25) is 4.79 Å². The van der Waals surface area contributed by atoms with Gasteiger partial charge in [0.1, 0.15) is 15.4 Å². The van der Waals surface area contributed by atoms with Crippen LogP contribution in [0.15, 0.2) is 0 Å². The number of nitrogens with two attached hydrogens (primary N) is 1. The largest absolute Gasteiger partial charge is 0.462 e. The van der Waals surface area contributed by atoms with Gasteiger partial charge in [0.05, 0.1) is 18.8 Å². The third-order valence-corrected chi connectivity index (χ3v) is 3.44. The molecule has 9 heteroatoms. The average molecular weight is 307 g/mol. The molecule has 0 radical (unpaired) electrons. The lowest BCUT2D eigenvalue weighted by molar-refractivity contribution is 0.0529. The second-order valence-corrected chi connectivity index (χ2v) is 4.64. The van der Waals surface area contributed by atoms with Crippen LogP contribution in [0.1, 0.15) is 27.0 Å². The standard InChI is InChI=1S/C11H15F2N3O3S/c1-3-19-11(18)6-7(14)8(9(17)15-2)20-10(6)16-4-5(12)13/h5,16H,3-4,14H2,1-2H3,(H,15,17). The van der Waals surface area contributed by atoms with Gasteiger partial charge in [0.15, 0.2) is 0 Å². The fraction of sp³-hybridized carbons (Fsp3) is 0.455. The van der Waals surface area contributed by atoms with Crippen molar-refractivity contribution in [3.63, 3.8) is 0 Å². The van der Waals surface area contributed by atoms with Crippen LogP contribution in [0.4, 0.5) is 19.5 Å². The van der Waals surface area contributed by atoms with Crippen molar-refractivity contribution in [2.24, 2.45) is 0 Å². The minimum absolute atomic E-state index is 0.0762. The van der Waals surface area contributed by atoms with Gasteiger partial charge in [-0.15, -0.1) is 11.3 Å². The van der Waals surface area contributed by atoms with Gasteiger partial charge in [-0.2, -0.15) is 0 Å². The molecule has 0 unspecified atom stereocenters. The number of amides is 1. The molecule has 0 aliphatic carbocycles. The highest BCUT2D eigenvalue weighted by molar-refractivity contribution is 7.19. The van der Waals surface area contributed by atoms with Gasteiger partial charge in [0, 0.05) is 7.05 Å². The third kappa shape index (κ3) is 3.56. The van der Waals surface area contributed by atoms with Crippen molar-refractivity contribution in [2.45, 2.75) is 13.3 Å². The number of nitrogens with one attached hydrogen (secondary N) is 2. The summed E-state index contributed by atoms with van der Waals surface area (Å²) < 4.78 is 29.3. The molecule has 4 N–H and O–H groups in total. The van der Waals surface area contributed by atoms with Crippen molar-refractivity contribution in [1.82, 2.24) is 5.32 Å². The van der Waals surface area contributed by atoms with Gasteiger partial charge < -0.3 is 21.1 Å². The molecule has 1 heterocycles. The Kier molecular flexibility index (Phi) is 5.68. The smallest absolute Gasteiger partial charge is 0.343 e. The normalized spacial score (nSPS) is 10.4. The molecule has 20 heavy (non-hydrogen) atoms. The van der Waals surface area contributed by atoms with Gasteiger partial charge in [0.25, 0.3) is 12.3 Å². The molecule has 6 nitrogen and oxygen atoms in total. The molecule has 0 saturated heterocycles. The van der Waals surface area contributed by atoms with E-state index in [4.69, 9.17) is 10.5 Å². The maximum atomic E-state index is 12.2. The molecule has 0 aromatic carbocycles. The summed E-state index contributed by atoms with van der Waals surface area (Å²) in [6, 6.07) is 0. The molecule has 1 amide bonds. The quantitative estimate of drug-likeness (QED) is 0.693. The van der Waals surface area contributed by atoms with E-state index in [1.165, 1.54) is 7.05 Å². The summed E-state index contributed by atoms with van der Waals surface area (Å²) in [5.74, 6) is -1.25. The minimum atomic E-state index is -2.60. The number of hydrogen-bond donors (Lipinski definition) is 3. The van der Waals surface area contributed by atoms with Crippen molar-refractivity contribution in [1.29, 1.82) is 0 Å². The predicted molar refractivity (Wildman–Crippen MR) is 72.6 cm³/mol. The molecule has 1 rings (SSSR count). The van der Waals surface area contributed by atoms with Gasteiger partial charge in [-0.25, -0.2) is 13.6 Å². The lowest BCUT2D eigenvalue weighted by Gasteiger charge is -2.06. The Morgan fingerprint density at radius 1 is 1.45 bits per heavy atom. The summed E-state index contributed by atoms with van der Waals surface area (Å²) >= 11 is 0.833. The molecule has 0 aliphatic heterocycles. The van der Waals surface area contributed by atoms with Crippen LogP contribution in [-0.4, -0.2) is 38.5 Å². The van der Waals surface area contributed by atoms with E-state index in [1.54, 1.807) is 6.92 Å². The second kappa shape index (κ2) is 7.04. The highest BCUT2D eigenvalue weighted by Gasteiger charge is 2.26. The molecule has 0 spiro atoms. The highest BCUT2D eigenvalue weighted by atomic mass is 32.1. The second-order valence-electron chi connectivity index (χ2n) is 3.62. The number of anilines is 2. The van der Waals surface area contributed by atoms with Crippen LogP contribution in [-0.2, 0) is 4.74 Å². The van der Waals surface area contributed by atoms with Gasteiger partial charge >= 0.3 is 5.97 Å². The number of halogens is 2. The van der Waals surface area contributed by atoms with Crippen molar-refractivity contribution < 1.29 is 23.1 Å². The van der Waals surface area contributed by atoms with Crippen LogP contribution in [0.25, 0.3) is 0 Å². The number of rotatable bonds is 6. The predicted octanol–water partition coefficient (Wildman–Crippen LogP) is 1.54. The number of carbonyl (C=O) groups excluding carboxylic acids is 2. The number of thiophene rings is 1. The first-order valence-electron chi connectivity index (χ1n) is 5.75. The lowest BCUT2D eigenvalue weighted by Crippen LogP contribution is -2.18. The van der Waals surface area contributed by atoms with Crippen molar-refractivity contribution >= 4 is 33.9 Å². The summed E-state index contributed by atoms with van der Waals surface area (Å²) in [7, 11) is 1.40. The Hall–Kier alpha value is -1.90. The molecule has 0 atom stereocenters. The van der Waals surface area contributed by atoms with Crippen molar-refractivity contribution in [3.8, 4) is 0 Å². The fourth-order valence-electron chi connectivity index (χ4n) is 1.43. The van der Waals surface area contributed by atoms with Crippen molar-refractivity contribution in [2.75, 3.05) is 31.2 Å². The zero-order chi connectivity index (χ0) is 15.3. The van der Waals surface area contributed by atoms with Crippen LogP contribution >= 0.6 is 11.3 Å². The first kappa shape index (κ1) is 16.2. The summed E-state index contributed by atoms with van der Waals surface area (Å²) in [5.41, 5.74) is 5.57. The van der Waals surface area contributed by atoms with E-state index in [0.29, 0.717) is 0 Å². The maximum Gasteiger partial charge on any atom is 0.343 e. The molecule has 1 aromatic rings. The Morgan fingerprint density at radius 3 is 2.60 bits per heavy atom. The van der Waals surface area contributed by atoms with Gasteiger partial charge in [0.2, 0.25) is 0 Å². The number of esters is 1. The number of alkyl halides is 2. The van der Waals surface area contributed by atoms with E-state index >= 15 is 0 Å². The van der Waals surface area contributed by atoms with E-state index in [2.05, 4.69) is 10.6 Å². The summed E-state index contributed by atoms with van der Waals surface area (Å²) in [5, 5.41) is 4.86. The Balaban J connectivity index is 3.18. The number of ether oxygens (including phenoxy) is 1. The van der Waals surface area contributed by atoms with E-state index in [0.717, 1.165) is 11.3 Å². The minimum Gasteiger partial charge on any atom is -0.462 e. The van der Waals surface area contributed by atoms with Crippen LogP contribution in [0, 0.1) is 0 Å². The molecular weight excluding hydrogens is 292 g/mol. The lowest BCUT2D eigenvalue weighted by atomic mass is 10.2. The number of nitrogen functional groups attached to an aromatic ring is 1. The number of hydrogen-bond acceptors (Lipinski definition) is 6. The summed E-state index contributed by atoms with van der Waals surface area (Å²) in [6.07, 6.45) is -2.60. The Labute approximate surface area is 118 Å². The highest BCUT2D eigenvalue weighted by Crippen LogP contribution is 2.36. The average Bonchev–Trinajstić information content (AvgIpc) is 2.72. The van der Waals surface area contributed by atoms with Gasteiger partial charge in [-0.05, 0) is 6.92 Å². The topological polar surface area (TPSA) is 93.4 Å². The first-order chi connectivity index (χ1) is 9.42. The zero-order valence-electron chi connectivity index (χ0n) is 11.0. The van der Waals surface area contributed by atoms with Crippen LogP contribution < -0.4 is 16.4 Å². The molecule has 0 aliphatic rings.